The minimum absolute atomic E-state index is 0.181. The van der Waals surface area contributed by atoms with Gasteiger partial charge in [0.1, 0.15) is 6.61 Å². The van der Waals surface area contributed by atoms with E-state index in [4.69, 9.17) is 9.15 Å². The van der Waals surface area contributed by atoms with E-state index in [0.29, 0.717) is 29.2 Å². The van der Waals surface area contributed by atoms with E-state index in [-0.39, 0.29) is 11.7 Å². The van der Waals surface area contributed by atoms with Crippen LogP contribution in [0.5, 0.6) is 0 Å². The molecule has 1 saturated heterocycles. The number of carbonyl (C=O) groups excluding carboxylic acids is 2. The summed E-state index contributed by atoms with van der Waals surface area (Å²) in [5.41, 5.74) is 1.12. The van der Waals surface area contributed by atoms with Gasteiger partial charge in [0.2, 0.25) is 0 Å². The minimum atomic E-state index is -0.419. The van der Waals surface area contributed by atoms with Gasteiger partial charge in [0.05, 0.1) is 17.9 Å². The molecule has 3 rings (SSSR count). The maximum Gasteiger partial charge on any atom is 0.414 e. The summed E-state index contributed by atoms with van der Waals surface area (Å²) < 4.78 is 10.6. The highest BCUT2D eigenvalue weighted by Gasteiger charge is 2.26. The number of amides is 2. The predicted molar refractivity (Wildman–Crippen MR) is 79.5 cm³/mol. The summed E-state index contributed by atoms with van der Waals surface area (Å²) in [5, 5.41) is 2.73. The average Bonchev–Trinajstić information content (AvgIpc) is 3.08. The van der Waals surface area contributed by atoms with E-state index in [1.165, 1.54) is 4.90 Å². The minimum Gasteiger partial charge on any atom is -0.447 e. The number of anilines is 2. The lowest BCUT2D eigenvalue weighted by molar-refractivity contribution is 0.0995. The fourth-order valence-electron chi connectivity index (χ4n) is 2.05. The predicted octanol–water partition coefficient (Wildman–Crippen LogP) is 3.25. The molecule has 108 valence electrons. The first-order valence-electron chi connectivity index (χ1n) is 6.25. The number of benzene rings is 1. The molecular formula is C14H11BrN2O4. The molecule has 0 unspecified atom stereocenters. The van der Waals surface area contributed by atoms with Gasteiger partial charge in [0.15, 0.2) is 10.4 Å². The summed E-state index contributed by atoms with van der Waals surface area (Å²) in [7, 11) is 0. The molecule has 2 amide bonds. The second-order valence-electron chi connectivity index (χ2n) is 4.34. The van der Waals surface area contributed by atoms with Gasteiger partial charge in [-0.1, -0.05) is 12.1 Å². The Morgan fingerprint density at radius 3 is 2.71 bits per heavy atom. The van der Waals surface area contributed by atoms with Gasteiger partial charge in [-0.05, 0) is 40.2 Å². The quantitative estimate of drug-likeness (QED) is 0.922. The number of halogens is 1. The fourth-order valence-corrected chi connectivity index (χ4v) is 2.35. The summed E-state index contributed by atoms with van der Waals surface area (Å²) in [6.45, 7) is 0.796. The van der Waals surface area contributed by atoms with Crippen LogP contribution in [0.2, 0.25) is 0 Å². The molecule has 0 aliphatic carbocycles. The van der Waals surface area contributed by atoms with Crippen molar-refractivity contribution in [2.24, 2.45) is 0 Å². The number of ether oxygens (including phenoxy) is 1. The van der Waals surface area contributed by atoms with Gasteiger partial charge in [0.25, 0.3) is 5.91 Å². The van der Waals surface area contributed by atoms with E-state index in [1.54, 1.807) is 36.4 Å². The number of carbonyl (C=O) groups is 2. The van der Waals surface area contributed by atoms with Crippen molar-refractivity contribution in [2.45, 2.75) is 0 Å². The molecule has 1 fully saturated rings. The third-order valence-electron chi connectivity index (χ3n) is 3.00. The van der Waals surface area contributed by atoms with Gasteiger partial charge in [-0.3, -0.25) is 9.69 Å². The van der Waals surface area contributed by atoms with Crippen molar-refractivity contribution in [3.63, 3.8) is 0 Å². The first-order valence-corrected chi connectivity index (χ1v) is 7.04. The molecule has 1 aromatic heterocycles. The van der Waals surface area contributed by atoms with Gasteiger partial charge < -0.3 is 14.5 Å². The Hall–Kier alpha value is -2.28. The van der Waals surface area contributed by atoms with Crippen LogP contribution < -0.4 is 10.2 Å². The van der Waals surface area contributed by atoms with Gasteiger partial charge >= 0.3 is 6.09 Å². The van der Waals surface area contributed by atoms with E-state index in [9.17, 15) is 9.59 Å². The zero-order chi connectivity index (χ0) is 14.8. The second-order valence-corrected chi connectivity index (χ2v) is 5.12. The Balaban J connectivity index is 1.85. The first kappa shape index (κ1) is 13.7. The number of furan rings is 1. The molecule has 0 bridgehead atoms. The Bertz CT molecular complexity index is 698. The average molecular weight is 351 g/mol. The standard InChI is InChI=1S/C14H11BrN2O4/c15-12-6-5-11(21-12)13(18)16-9-3-1-2-4-10(9)17-7-8-20-14(17)19/h1-6H,7-8H2,(H,16,18). The largest absolute Gasteiger partial charge is 0.447 e. The van der Waals surface area contributed by atoms with E-state index < -0.39 is 6.09 Å². The van der Waals surface area contributed by atoms with Crippen molar-refractivity contribution >= 4 is 39.3 Å². The monoisotopic (exact) mass is 350 g/mol. The Labute approximate surface area is 128 Å². The summed E-state index contributed by atoms with van der Waals surface area (Å²) >= 11 is 3.15. The molecule has 0 atom stereocenters. The molecule has 21 heavy (non-hydrogen) atoms. The van der Waals surface area contributed by atoms with Crippen molar-refractivity contribution in [1.82, 2.24) is 0 Å². The van der Waals surface area contributed by atoms with Crippen LogP contribution in [-0.4, -0.2) is 25.2 Å². The molecule has 7 heteroatoms. The molecule has 0 saturated carbocycles. The van der Waals surface area contributed by atoms with Crippen molar-refractivity contribution < 1.29 is 18.7 Å². The van der Waals surface area contributed by atoms with Crippen LogP contribution in [0.4, 0.5) is 16.2 Å². The van der Waals surface area contributed by atoms with E-state index in [2.05, 4.69) is 21.2 Å². The Morgan fingerprint density at radius 2 is 2.05 bits per heavy atom. The second kappa shape index (κ2) is 5.61. The number of nitrogens with zero attached hydrogens (tertiary/aromatic N) is 1. The summed E-state index contributed by atoms with van der Waals surface area (Å²) in [6.07, 6.45) is -0.419. The Kier molecular flexibility index (Phi) is 3.66. The summed E-state index contributed by atoms with van der Waals surface area (Å²) in [6, 6.07) is 10.2. The van der Waals surface area contributed by atoms with Crippen LogP contribution in [0.1, 0.15) is 10.6 Å². The molecule has 2 heterocycles. The number of cyclic esters (lactones) is 1. The number of hydrogen-bond acceptors (Lipinski definition) is 4. The van der Waals surface area contributed by atoms with Crippen LogP contribution in [0.25, 0.3) is 0 Å². The maximum atomic E-state index is 12.1. The normalized spacial score (nSPS) is 14.1. The highest BCUT2D eigenvalue weighted by Crippen LogP contribution is 2.28. The van der Waals surface area contributed by atoms with Crippen LogP contribution >= 0.6 is 15.9 Å². The van der Waals surface area contributed by atoms with Crippen LogP contribution in [0.15, 0.2) is 45.5 Å². The number of para-hydroxylation sites is 2. The number of nitrogens with one attached hydrogen (secondary N) is 1. The van der Waals surface area contributed by atoms with E-state index in [1.807, 2.05) is 0 Å². The van der Waals surface area contributed by atoms with Gasteiger partial charge in [0, 0.05) is 0 Å². The van der Waals surface area contributed by atoms with Gasteiger partial charge in [-0.25, -0.2) is 4.79 Å². The molecular weight excluding hydrogens is 340 g/mol. The third-order valence-corrected chi connectivity index (χ3v) is 3.43. The number of rotatable bonds is 3. The molecule has 1 aliphatic heterocycles. The molecule has 0 radical (unpaired) electrons. The molecule has 2 aromatic rings. The van der Waals surface area contributed by atoms with E-state index in [0.717, 1.165) is 0 Å². The molecule has 0 spiro atoms. The smallest absolute Gasteiger partial charge is 0.414 e. The molecule has 6 nitrogen and oxygen atoms in total. The lowest BCUT2D eigenvalue weighted by atomic mass is 10.2. The van der Waals surface area contributed by atoms with Crippen molar-refractivity contribution in [1.29, 1.82) is 0 Å². The lowest BCUT2D eigenvalue weighted by Gasteiger charge is -2.17. The van der Waals surface area contributed by atoms with Crippen molar-refractivity contribution in [3.8, 4) is 0 Å². The van der Waals surface area contributed by atoms with Crippen LogP contribution in [0, 0.1) is 0 Å². The molecule has 1 N–H and O–H groups in total. The fraction of sp³-hybridized carbons (Fsp3) is 0.143. The van der Waals surface area contributed by atoms with Crippen LogP contribution in [-0.2, 0) is 4.74 Å². The number of hydrogen-bond donors (Lipinski definition) is 1. The van der Waals surface area contributed by atoms with Crippen molar-refractivity contribution in [2.75, 3.05) is 23.4 Å². The summed E-state index contributed by atoms with van der Waals surface area (Å²) in [5.74, 6) is -0.207. The highest BCUT2D eigenvalue weighted by atomic mass is 79.9. The Morgan fingerprint density at radius 1 is 1.24 bits per heavy atom. The van der Waals surface area contributed by atoms with Gasteiger partial charge in [-0.2, -0.15) is 0 Å². The van der Waals surface area contributed by atoms with Gasteiger partial charge in [-0.15, -0.1) is 0 Å². The SMILES string of the molecule is O=C(Nc1ccccc1N1CCOC1=O)c1ccc(Br)o1. The zero-order valence-corrected chi connectivity index (χ0v) is 12.4. The third kappa shape index (κ3) is 2.78. The highest BCUT2D eigenvalue weighted by molar-refractivity contribution is 9.10. The van der Waals surface area contributed by atoms with E-state index >= 15 is 0 Å². The molecule has 1 aliphatic rings. The molecule has 1 aromatic carbocycles. The topological polar surface area (TPSA) is 71.8 Å². The maximum absolute atomic E-state index is 12.1. The van der Waals surface area contributed by atoms with Crippen LogP contribution in [0.3, 0.4) is 0 Å². The lowest BCUT2D eigenvalue weighted by Crippen LogP contribution is -2.25. The first-order chi connectivity index (χ1) is 10.1. The zero-order valence-electron chi connectivity index (χ0n) is 10.8. The van der Waals surface area contributed by atoms with Crippen molar-refractivity contribution in [3.05, 3.63) is 46.8 Å². The summed E-state index contributed by atoms with van der Waals surface area (Å²) in [4.78, 5) is 25.2.